The number of nitrogens with one attached hydrogen (secondary N) is 2. The van der Waals surface area contributed by atoms with Gasteiger partial charge in [-0.15, -0.1) is 0 Å². The lowest BCUT2D eigenvalue weighted by Crippen LogP contribution is -2.12. The second-order valence-corrected chi connectivity index (χ2v) is 4.37. The molecule has 0 aliphatic rings. The Hall–Kier alpha value is -2.09. The average Bonchev–Trinajstić information content (AvgIpc) is 2.41. The molecule has 1 aromatic carbocycles. The van der Waals surface area contributed by atoms with Crippen LogP contribution in [0.3, 0.4) is 0 Å². The Kier molecular flexibility index (Phi) is 4.17. The van der Waals surface area contributed by atoms with Crippen LogP contribution in [0.1, 0.15) is 5.69 Å². The highest BCUT2D eigenvalue weighted by Gasteiger charge is 2.33. The predicted molar refractivity (Wildman–Crippen MR) is 71.3 cm³/mol. The number of aromatic nitrogens is 2. The summed E-state index contributed by atoms with van der Waals surface area (Å²) in [5.74, 6) is -0.915. The third kappa shape index (κ3) is 3.72. The molecule has 0 aliphatic carbocycles. The Bertz CT molecular complexity index is 660. The van der Waals surface area contributed by atoms with E-state index in [1.54, 1.807) is 0 Å². The summed E-state index contributed by atoms with van der Waals surface area (Å²) in [7, 11) is 1.40. The van der Waals surface area contributed by atoms with Crippen LogP contribution in [-0.4, -0.2) is 17.0 Å². The summed E-state index contributed by atoms with van der Waals surface area (Å²) >= 11 is 5.60. The van der Waals surface area contributed by atoms with Crippen molar-refractivity contribution in [2.75, 3.05) is 17.7 Å². The van der Waals surface area contributed by atoms with Crippen molar-refractivity contribution in [2.45, 2.75) is 6.18 Å². The van der Waals surface area contributed by atoms with Crippen molar-refractivity contribution < 1.29 is 17.6 Å². The van der Waals surface area contributed by atoms with E-state index >= 15 is 0 Å². The number of rotatable bonds is 3. The van der Waals surface area contributed by atoms with Crippen LogP contribution in [0, 0.1) is 5.82 Å². The Morgan fingerprint density at radius 3 is 2.43 bits per heavy atom. The Morgan fingerprint density at radius 2 is 1.86 bits per heavy atom. The van der Waals surface area contributed by atoms with Gasteiger partial charge in [0.25, 0.3) is 0 Å². The quantitative estimate of drug-likeness (QED) is 0.837. The first-order valence-electron chi connectivity index (χ1n) is 5.65. The molecule has 21 heavy (non-hydrogen) atoms. The number of halogens is 5. The standard InChI is InChI=1S/C12H9ClF4N4/c1-18-11-20-9(12(15,16)17)5-10(21-11)19-6-2-3-8(14)7(13)4-6/h2-5H,1H3,(H2,18,19,20,21). The lowest BCUT2D eigenvalue weighted by molar-refractivity contribution is -0.141. The Balaban J connectivity index is 2.36. The zero-order valence-electron chi connectivity index (χ0n) is 10.6. The van der Waals surface area contributed by atoms with Crippen molar-refractivity contribution >= 4 is 29.1 Å². The maximum atomic E-state index is 13.0. The first-order chi connectivity index (χ1) is 9.79. The molecule has 2 aromatic rings. The molecule has 0 fully saturated rings. The molecule has 0 atom stereocenters. The molecule has 4 nitrogen and oxygen atoms in total. The van der Waals surface area contributed by atoms with Crippen LogP contribution in [0.4, 0.5) is 35.0 Å². The van der Waals surface area contributed by atoms with Gasteiger partial charge >= 0.3 is 6.18 Å². The van der Waals surface area contributed by atoms with Gasteiger partial charge in [-0.2, -0.15) is 18.2 Å². The Morgan fingerprint density at radius 1 is 1.14 bits per heavy atom. The van der Waals surface area contributed by atoms with Gasteiger partial charge < -0.3 is 10.6 Å². The van der Waals surface area contributed by atoms with Crippen LogP contribution in [0.25, 0.3) is 0 Å². The van der Waals surface area contributed by atoms with Crippen LogP contribution >= 0.6 is 11.6 Å². The molecule has 1 aromatic heterocycles. The highest BCUT2D eigenvalue weighted by Crippen LogP contribution is 2.30. The zero-order valence-corrected chi connectivity index (χ0v) is 11.3. The minimum atomic E-state index is -4.61. The minimum Gasteiger partial charge on any atom is -0.357 e. The lowest BCUT2D eigenvalue weighted by atomic mass is 10.3. The number of nitrogens with zero attached hydrogens (tertiary/aromatic N) is 2. The summed E-state index contributed by atoms with van der Waals surface area (Å²) in [6, 6.07) is 4.41. The van der Waals surface area contributed by atoms with Crippen LogP contribution < -0.4 is 10.6 Å². The van der Waals surface area contributed by atoms with Crippen LogP contribution in [0.2, 0.25) is 5.02 Å². The fourth-order valence-corrected chi connectivity index (χ4v) is 1.67. The molecule has 0 saturated heterocycles. The lowest BCUT2D eigenvalue weighted by Gasteiger charge is -2.11. The van der Waals surface area contributed by atoms with Crippen LogP contribution in [0.5, 0.6) is 0 Å². The molecule has 0 aliphatic heterocycles. The van der Waals surface area contributed by atoms with Gasteiger partial charge in [0.05, 0.1) is 5.02 Å². The smallest absolute Gasteiger partial charge is 0.357 e. The van der Waals surface area contributed by atoms with Crippen molar-refractivity contribution in [1.82, 2.24) is 9.97 Å². The third-order valence-corrected chi connectivity index (χ3v) is 2.72. The summed E-state index contributed by atoms with van der Waals surface area (Å²) in [4.78, 5) is 7.17. The second-order valence-electron chi connectivity index (χ2n) is 3.96. The first kappa shape index (κ1) is 15.3. The largest absolute Gasteiger partial charge is 0.433 e. The van der Waals surface area contributed by atoms with Gasteiger partial charge in [0.1, 0.15) is 11.6 Å². The fourth-order valence-electron chi connectivity index (χ4n) is 1.49. The van der Waals surface area contributed by atoms with E-state index in [-0.39, 0.29) is 16.8 Å². The zero-order chi connectivity index (χ0) is 15.6. The fraction of sp³-hybridized carbons (Fsp3) is 0.167. The summed E-state index contributed by atoms with van der Waals surface area (Å²) in [6.45, 7) is 0. The normalized spacial score (nSPS) is 11.3. The summed E-state index contributed by atoms with van der Waals surface area (Å²) in [5.41, 5.74) is -0.798. The molecular weight excluding hydrogens is 312 g/mol. The average molecular weight is 321 g/mol. The second kappa shape index (κ2) is 5.72. The monoisotopic (exact) mass is 320 g/mol. The van der Waals surface area contributed by atoms with Gasteiger partial charge in [0.15, 0.2) is 5.69 Å². The summed E-state index contributed by atoms with van der Waals surface area (Å²) in [6.07, 6.45) is -4.61. The van der Waals surface area contributed by atoms with E-state index in [0.29, 0.717) is 5.69 Å². The SMILES string of the molecule is CNc1nc(Nc2ccc(F)c(Cl)c2)cc(C(F)(F)F)n1. The highest BCUT2D eigenvalue weighted by molar-refractivity contribution is 6.31. The molecule has 2 rings (SSSR count). The number of alkyl halides is 3. The number of hydrogen-bond acceptors (Lipinski definition) is 4. The molecule has 0 bridgehead atoms. The van der Waals surface area contributed by atoms with E-state index in [1.807, 2.05) is 0 Å². The van der Waals surface area contributed by atoms with Crippen LogP contribution in [-0.2, 0) is 6.18 Å². The molecular formula is C12H9ClF4N4. The van der Waals surface area contributed by atoms with Crippen molar-refractivity contribution in [3.05, 3.63) is 40.8 Å². The van der Waals surface area contributed by atoms with Crippen molar-refractivity contribution in [3.8, 4) is 0 Å². The number of benzene rings is 1. The van der Waals surface area contributed by atoms with E-state index in [2.05, 4.69) is 20.6 Å². The maximum Gasteiger partial charge on any atom is 0.433 e. The molecule has 0 amide bonds. The predicted octanol–water partition coefficient (Wildman–Crippen LogP) is 4.07. The topological polar surface area (TPSA) is 49.8 Å². The van der Waals surface area contributed by atoms with Gasteiger partial charge in [-0.05, 0) is 18.2 Å². The molecule has 112 valence electrons. The molecule has 0 radical (unpaired) electrons. The summed E-state index contributed by atoms with van der Waals surface area (Å²) < 4.78 is 51.2. The van der Waals surface area contributed by atoms with Crippen molar-refractivity contribution in [1.29, 1.82) is 0 Å². The van der Waals surface area contributed by atoms with E-state index in [4.69, 9.17) is 11.6 Å². The van der Waals surface area contributed by atoms with E-state index in [9.17, 15) is 17.6 Å². The van der Waals surface area contributed by atoms with Gasteiger partial charge in [-0.1, -0.05) is 11.6 Å². The molecule has 0 spiro atoms. The highest BCUT2D eigenvalue weighted by atomic mass is 35.5. The van der Waals surface area contributed by atoms with Crippen molar-refractivity contribution in [2.24, 2.45) is 0 Å². The van der Waals surface area contributed by atoms with Crippen LogP contribution in [0.15, 0.2) is 24.3 Å². The van der Waals surface area contributed by atoms with Crippen molar-refractivity contribution in [3.63, 3.8) is 0 Å². The van der Waals surface area contributed by atoms with E-state index in [0.717, 1.165) is 12.1 Å². The number of hydrogen-bond donors (Lipinski definition) is 2. The van der Waals surface area contributed by atoms with Gasteiger partial charge in [0, 0.05) is 18.8 Å². The Labute approximate surface area is 122 Å². The molecule has 0 saturated carbocycles. The van der Waals surface area contributed by atoms with E-state index in [1.165, 1.54) is 19.2 Å². The molecule has 9 heteroatoms. The van der Waals surface area contributed by atoms with Gasteiger partial charge in [0.2, 0.25) is 5.95 Å². The summed E-state index contributed by atoms with van der Waals surface area (Å²) in [5, 5.41) is 4.90. The maximum absolute atomic E-state index is 13.0. The molecule has 0 unspecified atom stereocenters. The third-order valence-electron chi connectivity index (χ3n) is 2.43. The first-order valence-corrected chi connectivity index (χ1v) is 6.03. The van der Waals surface area contributed by atoms with E-state index < -0.39 is 17.7 Å². The number of anilines is 3. The molecule has 2 N–H and O–H groups in total. The van der Waals surface area contributed by atoms with Gasteiger partial charge in [-0.3, -0.25) is 0 Å². The molecule has 1 heterocycles. The van der Waals surface area contributed by atoms with Gasteiger partial charge in [-0.25, -0.2) is 9.37 Å². The minimum absolute atomic E-state index is 0.0932.